The molecule has 0 radical (unpaired) electrons. The molecule has 0 saturated carbocycles. The largest absolute Gasteiger partial charge is 0.479 e. The number of fused-ring (bicyclic) bond motifs is 3. The number of ether oxygens (including phenoxy) is 1. The highest BCUT2D eigenvalue weighted by Crippen LogP contribution is 2.52. The third-order valence-electron chi connectivity index (χ3n) is 4.92. The number of nitrogens with one attached hydrogen (secondary N) is 1. The lowest BCUT2D eigenvalue weighted by atomic mass is 9.77. The fraction of sp³-hybridized carbons (Fsp3) is 0.250. The molecule has 0 bridgehead atoms. The van der Waals surface area contributed by atoms with Crippen LogP contribution in [0.4, 0.5) is 5.69 Å². The first-order chi connectivity index (χ1) is 12.2. The molecular weight excluding hydrogens is 355 g/mol. The monoisotopic (exact) mass is 370 g/mol. The molecular formula is C20H16Cl2N2O. The van der Waals surface area contributed by atoms with E-state index in [1.807, 2.05) is 30.3 Å². The number of hydrogen-bond donors (Lipinski definition) is 1. The van der Waals surface area contributed by atoms with Crippen LogP contribution in [0.3, 0.4) is 0 Å². The van der Waals surface area contributed by atoms with Crippen molar-refractivity contribution in [3.63, 3.8) is 0 Å². The second-order valence-corrected chi connectivity index (χ2v) is 7.18. The minimum atomic E-state index is 0.0556. The number of nitriles is 1. The second-order valence-electron chi connectivity index (χ2n) is 6.34. The molecule has 0 spiro atoms. The maximum atomic E-state index is 8.61. The van der Waals surface area contributed by atoms with E-state index in [-0.39, 0.29) is 12.6 Å². The zero-order valence-corrected chi connectivity index (χ0v) is 14.9. The summed E-state index contributed by atoms with van der Waals surface area (Å²) in [5.41, 5.74) is 3.32. The quantitative estimate of drug-likeness (QED) is 0.702. The van der Waals surface area contributed by atoms with Crippen molar-refractivity contribution in [2.24, 2.45) is 5.92 Å². The Morgan fingerprint density at radius 3 is 2.76 bits per heavy atom. The van der Waals surface area contributed by atoms with Crippen LogP contribution in [0.2, 0.25) is 10.0 Å². The van der Waals surface area contributed by atoms with Crippen molar-refractivity contribution in [3.05, 3.63) is 69.7 Å². The van der Waals surface area contributed by atoms with Crippen LogP contribution in [0.5, 0.6) is 5.75 Å². The van der Waals surface area contributed by atoms with Crippen LogP contribution >= 0.6 is 23.2 Å². The lowest BCUT2D eigenvalue weighted by molar-refractivity contribution is 0.367. The van der Waals surface area contributed by atoms with Gasteiger partial charge in [0.25, 0.3) is 0 Å². The maximum Gasteiger partial charge on any atom is 0.174 e. The first-order valence-electron chi connectivity index (χ1n) is 8.19. The van der Waals surface area contributed by atoms with Gasteiger partial charge in [0.1, 0.15) is 11.8 Å². The van der Waals surface area contributed by atoms with Gasteiger partial charge in [0.2, 0.25) is 0 Å². The summed E-state index contributed by atoms with van der Waals surface area (Å²) in [6, 6.07) is 13.8. The van der Waals surface area contributed by atoms with E-state index in [2.05, 4.69) is 29.6 Å². The van der Waals surface area contributed by atoms with Crippen LogP contribution in [0.25, 0.3) is 0 Å². The van der Waals surface area contributed by atoms with Gasteiger partial charge in [-0.25, -0.2) is 0 Å². The molecule has 1 heterocycles. The van der Waals surface area contributed by atoms with E-state index in [9.17, 15) is 0 Å². The summed E-state index contributed by atoms with van der Waals surface area (Å²) in [6.45, 7) is 0.0556. The number of anilines is 1. The van der Waals surface area contributed by atoms with E-state index in [0.717, 1.165) is 22.7 Å². The maximum absolute atomic E-state index is 8.61. The summed E-state index contributed by atoms with van der Waals surface area (Å²) in [7, 11) is 0. The van der Waals surface area contributed by atoms with Gasteiger partial charge in [0, 0.05) is 27.2 Å². The molecule has 1 aliphatic carbocycles. The molecule has 3 nitrogen and oxygen atoms in total. The number of benzene rings is 2. The van der Waals surface area contributed by atoms with E-state index in [1.165, 1.54) is 5.56 Å². The Kier molecular flexibility index (Phi) is 4.33. The first kappa shape index (κ1) is 16.3. The van der Waals surface area contributed by atoms with Crippen molar-refractivity contribution >= 4 is 28.9 Å². The molecule has 0 aromatic heterocycles. The van der Waals surface area contributed by atoms with Gasteiger partial charge in [-0.3, -0.25) is 0 Å². The first-order valence-corrected chi connectivity index (χ1v) is 8.95. The predicted octanol–water partition coefficient (Wildman–Crippen LogP) is 5.72. The lowest BCUT2D eigenvalue weighted by Crippen LogP contribution is -2.29. The van der Waals surface area contributed by atoms with Gasteiger partial charge in [-0.05, 0) is 42.2 Å². The lowest BCUT2D eigenvalue weighted by Gasteiger charge is -2.38. The van der Waals surface area contributed by atoms with Crippen molar-refractivity contribution in [2.75, 3.05) is 11.9 Å². The SMILES string of the molecule is N#CCOc1ccc([C@@H]2Nc3cc(Cl)cc(Cl)c3[C@H]3C=CC[C@@H]32)cc1. The Balaban J connectivity index is 1.68. The molecule has 0 unspecified atom stereocenters. The molecule has 2 aromatic carbocycles. The molecule has 2 aliphatic rings. The molecule has 4 rings (SSSR count). The topological polar surface area (TPSA) is 45.0 Å². The highest BCUT2D eigenvalue weighted by Gasteiger charge is 2.39. The van der Waals surface area contributed by atoms with Crippen molar-refractivity contribution in [1.82, 2.24) is 0 Å². The average molecular weight is 371 g/mol. The zero-order chi connectivity index (χ0) is 17.4. The van der Waals surface area contributed by atoms with Gasteiger partial charge in [0.15, 0.2) is 6.61 Å². The van der Waals surface area contributed by atoms with Crippen LogP contribution in [-0.4, -0.2) is 6.61 Å². The van der Waals surface area contributed by atoms with E-state index >= 15 is 0 Å². The smallest absolute Gasteiger partial charge is 0.174 e. The van der Waals surface area contributed by atoms with Crippen molar-refractivity contribution in [3.8, 4) is 11.8 Å². The number of rotatable bonds is 3. The van der Waals surface area contributed by atoms with E-state index in [1.54, 1.807) is 0 Å². The Hall–Kier alpha value is -2.15. The number of nitrogens with zero attached hydrogens (tertiary/aromatic N) is 1. The van der Waals surface area contributed by atoms with E-state index in [0.29, 0.717) is 22.6 Å². The number of hydrogen-bond acceptors (Lipinski definition) is 3. The summed E-state index contributed by atoms with van der Waals surface area (Å²) < 4.78 is 5.34. The number of allylic oxidation sites excluding steroid dienone is 2. The highest BCUT2D eigenvalue weighted by molar-refractivity contribution is 6.35. The summed E-state index contributed by atoms with van der Waals surface area (Å²) in [5, 5.41) is 13.6. The molecule has 0 fully saturated rings. The molecule has 1 aliphatic heterocycles. The van der Waals surface area contributed by atoms with Crippen LogP contribution < -0.4 is 10.1 Å². The summed E-state index contributed by atoms with van der Waals surface area (Å²) in [6.07, 6.45) is 5.49. The standard InChI is InChI=1S/C20H16Cl2N2O/c21-13-10-17(22)19-15-2-1-3-16(15)20(24-18(19)11-13)12-4-6-14(7-5-12)25-9-8-23/h1-2,4-7,10-11,15-16,20,24H,3,9H2/t15-,16-,20-/m0/s1. The number of halogens is 2. The Morgan fingerprint density at radius 2 is 2.00 bits per heavy atom. The normalized spacial score (nSPS) is 23.3. The van der Waals surface area contributed by atoms with Crippen LogP contribution in [0.1, 0.15) is 29.5 Å². The summed E-state index contributed by atoms with van der Waals surface area (Å²) >= 11 is 12.7. The zero-order valence-electron chi connectivity index (χ0n) is 13.4. The Bertz CT molecular complexity index is 871. The van der Waals surface area contributed by atoms with Gasteiger partial charge < -0.3 is 10.1 Å². The average Bonchev–Trinajstić information content (AvgIpc) is 3.08. The van der Waals surface area contributed by atoms with Gasteiger partial charge >= 0.3 is 0 Å². The molecule has 3 atom stereocenters. The summed E-state index contributed by atoms with van der Waals surface area (Å²) in [4.78, 5) is 0. The van der Waals surface area contributed by atoms with Gasteiger partial charge in [-0.15, -0.1) is 0 Å². The minimum Gasteiger partial charge on any atom is -0.479 e. The van der Waals surface area contributed by atoms with Crippen molar-refractivity contribution in [2.45, 2.75) is 18.4 Å². The molecule has 0 saturated heterocycles. The molecule has 5 heteroatoms. The highest BCUT2D eigenvalue weighted by atomic mass is 35.5. The molecule has 25 heavy (non-hydrogen) atoms. The van der Waals surface area contributed by atoms with Crippen molar-refractivity contribution in [1.29, 1.82) is 5.26 Å². The van der Waals surface area contributed by atoms with Gasteiger partial charge in [0.05, 0.1) is 6.04 Å². The fourth-order valence-corrected chi connectivity index (χ4v) is 4.48. The van der Waals surface area contributed by atoms with E-state index in [4.69, 9.17) is 33.2 Å². The van der Waals surface area contributed by atoms with Gasteiger partial charge in [-0.2, -0.15) is 5.26 Å². The molecule has 2 aromatic rings. The Morgan fingerprint density at radius 1 is 1.20 bits per heavy atom. The van der Waals surface area contributed by atoms with Crippen LogP contribution in [0.15, 0.2) is 48.6 Å². The Labute approximate surface area is 156 Å². The molecule has 1 N–H and O–H groups in total. The van der Waals surface area contributed by atoms with E-state index < -0.39 is 0 Å². The van der Waals surface area contributed by atoms with Gasteiger partial charge in [-0.1, -0.05) is 47.5 Å². The third-order valence-corrected chi connectivity index (χ3v) is 5.45. The fourth-order valence-electron chi connectivity index (χ4n) is 3.86. The minimum absolute atomic E-state index is 0.0556. The van der Waals surface area contributed by atoms with Crippen LogP contribution in [0, 0.1) is 17.2 Å². The van der Waals surface area contributed by atoms with Crippen LogP contribution in [-0.2, 0) is 0 Å². The molecule has 126 valence electrons. The second kappa shape index (κ2) is 6.63. The third kappa shape index (κ3) is 2.97. The predicted molar refractivity (Wildman–Crippen MR) is 100 cm³/mol. The molecule has 0 amide bonds. The van der Waals surface area contributed by atoms with Crippen molar-refractivity contribution < 1.29 is 4.74 Å². The summed E-state index contributed by atoms with van der Waals surface area (Å²) in [5.74, 6) is 1.41.